The number of aliphatic imine (C=N–C) groups is 1. The maximum atomic E-state index is 11.3. The highest BCUT2D eigenvalue weighted by Gasteiger charge is 2.40. The molecular formula is C6H8N4O2S. The molecule has 1 atom stereocenters. The molecule has 0 aromatic heterocycles. The van der Waals surface area contributed by atoms with Crippen LogP contribution in [0.5, 0.6) is 0 Å². The quantitative estimate of drug-likeness (QED) is 0.364. The van der Waals surface area contributed by atoms with Crippen molar-refractivity contribution in [3.63, 3.8) is 0 Å². The van der Waals surface area contributed by atoms with Crippen LogP contribution >= 0.6 is 12.2 Å². The lowest BCUT2D eigenvalue weighted by molar-refractivity contribution is -0.125. The molecule has 0 fully saturated rings. The van der Waals surface area contributed by atoms with Gasteiger partial charge in [0.05, 0.1) is 0 Å². The topological polar surface area (TPSA) is 96.6 Å². The van der Waals surface area contributed by atoms with E-state index in [1.807, 2.05) is 0 Å². The van der Waals surface area contributed by atoms with Gasteiger partial charge in [-0.05, 0) is 19.1 Å². The number of nitrogens with two attached hydrogens (primary N) is 1. The molecule has 0 aromatic carbocycles. The van der Waals surface area contributed by atoms with Gasteiger partial charge in [-0.2, -0.15) is 0 Å². The van der Waals surface area contributed by atoms with Crippen LogP contribution in [0.2, 0.25) is 0 Å². The third kappa shape index (κ3) is 1.50. The van der Waals surface area contributed by atoms with E-state index in [0.717, 1.165) is 0 Å². The van der Waals surface area contributed by atoms with Crippen LogP contribution in [0.4, 0.5) is 0 Å². The van der Waals surface area contributed by atoms with Crippen molar-refractivity contribution in [2.45, 2.75) is 12.5 Å². The summed E-state index contributed by atoms with van der Waals surface area (Å²) in [4.78, 5) is 25.2. The van der Waals surface area contributed by atoms with E-state index < -0.39 is 11.4 Å². The van der Waals surface area contributed by atoms with E-state index in [1.165, 1.54) is 6.92 Å². The second kappa shape index (κ2) is 3.09. The first kappa shape index (κ1) is 9.59. The molecule has 0 saturated carbocycles. The summed E-state index contributed by atoms with van der Waals surface area (Å²) in [6.07, 6.45) is 0.385. The van der Waals surface area contributed by atoms with Crippen molar-refractivity contribution in [1.82, 2.24) is 10.6 Å². The lowest BCUT2D eigenvalue weighted by atomic mass is 9.99. The van der Waals surface area contributed by atoms with Gasteiger partial charge >= 0.3 is 0 Å². The highest BCUT2D eigenvalue weighted by atomic mass is 32.1. The summed E-state index contributed by atoms with van der Waals surface area (Å²) in [5, 5.41) is 4.57. The molecule has 70 valence electrons. The Morgan fingerprint density at radius 1 is 1.77 bits per heavy atom. The molecule has 13 heavy (non-hydrogen) atoms. The highest BCUT2D eigenvalue weighted by Crippen LogP contribution is 2.07. The molecule has 1 unspecified atom stereocenters. The Morgan fingerprint density at radius 2 is 2.38 bits per heavy atom. The molecule has 0 radical (unpaired) electrons. The summed E-state index contributed by atoms with van der Waals surface area (Å²) >= 11 is 4.63. The summed E-state index contributed by atoms with van der Waals surface area (Å²) in [5.74, 6) is -0.509. The maximum absolute atomic E-state index is 11.3. The van der Waals surface area contributed by atoms with Gasteiger partial charge in [0.25, 0.3) is 5.91 Å². The standard InChI is InChI=1S/C6H8N4O2S/c1-6(8-2-11)3(7)9-5(13)10-4(6)12/h2H,1H3,(H,8,11)(H3,7,9,10,12,13). The van der Waals surface area contributed by atoms with Crippen molar-refractivity contribution >= 4 is 35.5 Å². The van der Waals surface area contributed by atoms with Gasteiger partial charge in [0.2, 0.25) is 11.5 Å². The lowest BCUT2D eigenvalue weighted by Gasteiger charge is -2.29. The van der Waals surface area contributed by atoms with E-state index in [9.17, 15) is 9.59 Å². The monoisotopic (exact) mass is 200 g/mol. The number of nitrogens with zero attached hydrogens (tertiary/aromatic N) is 1. The number of amides is 2. The van der Waals surface area contributed by atoms with Gasteiger partial charge in [0.1, 0.15) is 5.84 Å². The van der Waals surface area contributed by atoms with Crippen LogP contribution in [-0.2, 0) is 9.59 Å². The molecule has 7 heteroatoms. The summed E-state index contributed by atoms with van der Waals surface area (Å²) in [5.41, 5.74) is 4.16. The molecule has 0 saturated heterocycles. The molecule has 6 nitrogen and oxygen atoms in total. The first-order valence-corrected chi connectivity index (χ1v) is 3.83. The largest absolute Gasteiger partial charge is 0.385 e. The van der Waals surface area contributed by atoms with Gasteiger partial charge in [-0.3, -0.25) is 14.9 Å². The molecule has 0 bridgehead atoms. The maximum Gasteiger partial charge on any atom is 0.259 e. The average Bonchev–Trinajstić information content (AvgIpc) is 2.01. The Bertz CT molecular complexity index is 314. The summed E-state index contributed by atoms with van der Waals surface area (Å²) in [6.45, 7) is 1.44. The Balaban J connectivity index is 3.08. The second-order valence-corrected chi connectivity index (χ2v) is 3.03. The Hall–Kier alpha value is -1.50. The minimum atomic E-state index is -1.30. The van der Waals surface area contributed by atoms with E-state index in [-0.39, 0.29) is 10.9 Å². The minimum absolute atomic E-state index is 0.00711. The first-order valence-electron chi connectivity index (χ1n) is 3.42. The smallest absolute Gasteiger partial charge is 0.259 e. The molecule has 1 aliphatic rings. The number of carbonyl (C=O) groups excluding carboxylic acids is 2. The second-order valence-electron chi connectivity index (χ2n) is 2.64. The number of thiocarbonyl (C=S) groups is 1. The van der Waals surface area contributed by atoms with Gasteiger partial charge in [-0.1, -0.05) is 0 Å². The van der Waals surface area contributed by atoms with Crippen molar-refractivity contribution < 1.29 is 9.59 Å². The van der Waals surface area contributed by atoms with Crippen molar-refractivity contribution in [1.29, 1.82) is 0 Å². The molecule has 1 heterocycles. The lowest BCUT2D eigenvalue weighted by Crippen LogP contribution is -2.65. The Kier molecular flexibility index (Phi) is 2.28. The van der Waals surface area contributed by atoms with Crippen LogP contribution in [-0.4, -0.2) is 28.8 Å². The van der Waals surface area contributed by atoms with Gasteiger partial charge in [0.15, 0.2) is 5.54 Å². The Labute approximate surface area is 79.6 Å². The summed E-state index contributed by atoms with van der Waals surface area (Å²) in [6, 6.07) is 0. The van der Waals surface area contributed by atoms with Crippen molar-refractivity contribution in [3.05, 3.63) is 0 Å². The summed E-state index contributed by atoms with van der Waals surface area (Å²) in [7, 11) is 0. The number of nitrogens with one attached hydrogen (secondary N) is 2. The van der Waals surface area contributed by atoms with E-state index in [4.69, 9.17) is 5.73 Å². The van der Waals surface area contributed by atoms with Crippen LogP contribution in [0.25, 0.3) is 0 Å². The number of rotatable bonds is 2. The first-order chi connectivity index (χ1) is 6.00. The van der Waals surface area contributed by atoms with Gasteiger partial charge in [0, 0.05) is 0 Å². The average molecular weight is 200 g/mol. The normalized spacial score (nSPS) is 27.6. The van der Waals surface area contributed by atoms with Gasteiger partial charge in [-0.15, -0.1) is 0 Å². The van der Waals surface area contributed by atoms with E-state index >= 15 is 0 Å². The van der Waals surface area contributed by atoms with Crippen molar-refractivity contribution in [3.8, 4) is 0 Å². The van der Waals surface area contributed by atoms with E-state index in [0.29, 0.717) is 6.41 Å². The molecule has 2 amide bonds. The summed E-state index contributed by atoms with van der Waals surface area (Å²) < 4.78 is 0. The number of hydrogen-bond donors (Lipinski definition) is 3. The van der Waals surface area contributed by atoms with Crippen LogP contribution in [0.15, 0.2) is 4.99 Å². The van der Waals surface area contributed by atoms with Crippen LogP contribution in [0, 0.1) is 0 Å². The fourth-order valence-electron chi connectivity index (χ4n) is 0.845. The van der Waals surface area contributed by atoms with Gasteiger partial charge < -0.3 is 11.1 Å². The molecule has 1 rings (SSSR count). The van der Waals surface area contributed by atoms with Crippen molar-refractivity contribution in [2.24, 2.45) is 10.7 Å². The fourth-order valence-corrected chi connectivity index (χ4v) is 1.04. The van der Waals surface area contributed by atoms with Crippen LogP contribution < -0.4 is 16.4 Å². The zero-order chi connectivity index (χ0) is 10.1. The van der Waals surface area contributed by atoms with Crippen LogP contribution in [0.3, 0.4) is 0 Å². The third-order valence-corrected chi connectivity index (χ3v) is 1.95. The van der Waals surface area contributed by atoms with Crippen LogP contribution in [0.1, 0.15) is 6.92 Å². The zero-order valence-corrected chi connectivity index (χ0v) is 7.64. The highest BCUT2D eigenvalue weighted by molar-refractivity contribution is 7.80. The fraction of sp³-hybridized carbons (Fsp3) is 0.333. The van der Waals surface area contributed by atoms with Gasteiger partial charge in [-0.25, -0.2) is 4.99 Å². The third-order valence-electron chi connectivity index (χ3n) is 1.76. The molecular weight excluding hydrogens is 192 g/mol. The number of amidine groups is 1. The SMILES string of the molecule is CC1(NC=O)C(=O)NC(=S)N=C1N. The predicted molar refractivity (Wildman–Crippen MR) is 50.0 cm³/mol. The molecule has 0 spiro atoms. The van der Waals surface area contributed by atoms with Crippen molar-refractivity contribution in [2.75, 3.05) is 0 Å². The van der Waals surface area contributed by atoms with E-state index in [1.54, 1.807) is 0 Å². The predicted octanol–water partition coefficient (Wildman–Crippen LogP) is -1.74. The zero-order valence-electron chi connectivity index (χ0n) is 6.83. The molecule has 1 aliphatic heterocycles. The Morgan fingerprint density at radius 3 is 2.85 bits per heavy atom. The number of carbonyl (C=O) groups is 2. The number of hydrogen-bond acceptors (Lipinski definition) is 4. The minimum Gasteiger partial charge on any atom is -0.385 e. The molecule has 0 aliphatic carbocycles. The molecule has 0 aromatic rings. The van der Waals surface area contributed by atoms with E-state index in [2.05, 4.69) is 27.8 Å². The molecule has 4 N–H and O–H groups in total.